The summed E-state index contributed by atoms with van der Waals surface area (Å²) in [7, 11) is 0. The van der Waals surface area contributed by atoms with Crippen LogP contribution in [0.2, 0.25) is 0 Å². The Kier molecular flexibility index (Phi) is 5.83. The third kappa shape index (κ3) is 4.57. The van der Waals surface area contributed by atoms with Crippen LogP contribution < -0.4 is 0 Å². The molecule has 3 aromatic carbocycles. The summed E-state index contributed by atoms with van der Waals surface area (Å²) in [5, 5.41) is -0.00179. The fourth-order valence-electron chi connectivity index (χ4n) is 2.44. The van der Waals surface area contributed by atoms with Crippen LogP contribution in [0, 0.1) is 0 Å². The van der Waals surface area contributed by atoms with Crippen molar-refractivity contribution in [3.05, 3.63) is 102 Å². The molecule has 3 aromatic rings. The highest BCUT2D eigenvalue weighted by molar-refractivity contribution is 8.13. The van der Waals surface area contributed by atoms with Crippen LogP contribution in [0.25, 0.3) is 0 Å². The summed E-state index contributed by atoms with van der Waals surface area (Å²) in [6.07, 6.45) is -0.243. The van der Waals surface area contributed by atoms with Gasteiger partial charge in [0.2, 0.25) is 5.12 Å². The molecule has 0 saturated heterocycles. The van der Waals surface area contributed by atoms with Crippen LogP contribution in [-0.4, -0.2) is 11.7 Å². The van der Waals surface area contributed by atoms with Crippen LogP contribution in [0.3, 0.4) is 0 Å². The number of carbonyl (C=O) groups is 1. The molecule has 3 heteroatoms. The Morgan fingerprint density at radius 1 is 0.750 bits per heavy atom. The summed E-state index contributed by atoms with van der Waals surface area (Å²) in [5.41, 5.74) is 2.09. The molecule has 0 aliphatic heterocycles. The van der Waals surface area contributed by atoms with E-state index >= 15 is 0 Å². The quantitative estimate of drug-likeness (QED) is 0.586. The predicted molar refractivity (Wildman–Crippen MR) is 98.0 cm³/mol. The molecule has 0 aliphatic carbocycles. The minimum Gasteiger partial charge on any atom is -0.360 e. The molecular formula is C21H18O2S. The first-order valence-electron chi connectivity index (χ1n) is 7.80. The maximum absolute atomic E-state index is 12.2. The fourth-order valence-corrected chi connectivity index (χ4v) is 3.12. The van der Waals surface area contributed by atoms with E-state index in [-0.39, 0.29) is 17.8 Å². The van der Waals surface area contributed by atoms with Crippen molar-refractivity contribution in [1.82, 2.24) is 0 Å². The molecule has 0 radical (unpaired) electrons. The van der Waals surface area contributed by atoms with Crippen molar-refractivity contribution in [2.75, 3.05) is 6.61 Å². The zero-order valence-corrected chi connectivity index (χ0v) is 14.0. The molecule has 0 atom stereocenters. The second-order valence-electron chi connectivity index (χ2n) is 5.30. The van der Waals surface area contributed by atoms with E-state index in [0.717, 1.165) is 16.0 Å². The van der Waals surface area contributed by atoms with E-state index in [1.165, 1.54) is 11.8 Å². The molecule has 0 heterocycles. The number of ether oxygens (including phenoxy) is 1. The van der Waals surface area contributed by atoms with Gasteiger partial charge in [-0.1, -0.05) is 78.9 Å². The largest absolute Gasteiger partial charge is 0.360 e. The normalized spacial score (nSPS) is 10.7. The number of carbonyl (C=O) groups excluding carboxylic acids is 1. The van der Waals surface area contributed by atoms with Crippen LogP contribution in [0.4, 0.5) is 0 Å². The molecule has 0 saturated carbocycles. The van der Waals surface area contributed by atoms with E-state index < -0.39 is 0 Å². The standard InChI is InChI=1S/C21H18O2S/c22-20(24-19-14-8-3-9-15-19)16-23-21(17-10-4-1-5-11-17)18-12-6-2-7-13-18/h1-15,21H,16H2. The van der Waals surface area contributed by atoms with Gasteiger partial charge in [-0.3, -0.25) is 4.79 Å². The lowest BCUT2D eigenvalue weighted by Gasteiger charge is -2.18. The molecule has 0 aliphatic rings. The average molecular weight is 334 g/mol. The third-order valence-corrected chi connectivity index (χ3v) is 4.40. The van der Waals surface area contributed by atoms with Crippen molar-refractivity contribution < 1.29 is 9.53 Å². The van der Waals surface area contributed by atoms with Crippen LogP contribution in [0.15, 0.2) is 95.9 Å². The van der Waals surface area contributed by atoms with Gasteiger partial charge >= 0.3 is 0 Å². The number of benzene rings is 3. The van der Waals surface area contributed by atoms with E-state index in [9.17, 15) is 4.79 Å². The summed E-state index contributed by atoms with van der Waals surface area (Å²) in [6, 6.07) is 29.6. The molecule has 2 nitrogen and oxygen atoms in total. The topological polar surface area (TPSA) is 26.3 Å². The highest BCUT2D eigenvalue weighted by Crippen LogP contribution is 2.27. The first-order chi connectivity index (χ1) is 11.8. The lowest BCUT2D eigenvalue weighted by atomic mass is 10.0. The summed E-state index contributed by atoms with van der Waals surface area (Å²) >= 11 is 1.21. The average Bonchev–Trinajstić information content (AvgIpc) is 2.64. The van der Waals surface area contributed by atoms with E-state index in [0.29, 0.717) is 0 Å². The van der Waals surface area contributed by atoms with E-state index in [2.05, 4.69) is 0 Å². The highest BCUT2D eigenvalue weighted by Gasteiger charge is 2.16. The van der Waals surface area contributed by atoms with Gasteiger partial charge in [0, 0.05) is 4.90 Å². The van der Waals surface area contributed by atoms with Crippen LogP contribution in [0.5, 0.6) is 0 Å². The van der Waals surface area contributed by atoms with Crippen molar-refractivity contribution in [2.24, 2.45) is 0 Å². The maximum Gasteiger partial charge on any atom is 0.219 e. The van der Waals surface area contributed by atoms with Gasteiger partial charge in [0.05, 0.1) is 0 Å². The van der Waals surface area contributed by atoms with Crippen LogP contribution >= 0.6 is 11.8 Å². The van der Waals surface area contributed by atoms with Gasteiger partial charge in [0.25, 0.3) is 0 Å². The number of hydrogen-bond acceptors (Lipinski definition) is 3. The minimum absolute atomic E-state index is 0.00179. The molecular weight excluding hydrogens is 316 g/mol. The van der Waals surface area contributed by atoms with Crippen molar-refractivity contribution in [3.63, 3.8) is 0 Å². The number of thioether (sulfide) groups is 1. The number of hydrogen-bond donors (Lipinski definition) is 0. The Bertz CT molecular complexity index is 718. The smallest absolute Gasteiger partial charge is 0.219 e. The summed E-state index contributed by atoms with van der Waals surface area (Å²) in [4.78, 5) is 13.1. The fraction of sp³-hybridized carbons (Fsp3) is 0.0952. The Morgan fingerprint density at radius 3 is 1.71 bits per heavy atom. The van der Waals surface area contributed by atoms with E-state index in [1.54, 1.807) is 0 Å². The molecule has 0 spiro atoms. The molecule has 0 bridgehead atoms. The second-order valence-corrected chi connectivity index (χ2v) is 6.43. The zero-order valence-electron chi connectivity index (χ0n) is 13.2. The number of rotatable bonds is 6. The highest BCUT2D eigenvalue weighted by atomic mass is 32.2. The van der Waals surface area contributed by atoms with Crippen LogP contribution in [-0.2, 0) is 9.53 Å². The van der Waals surface area contributed by atoms with Crippen molar-refractivity contribution in [2.45, 2.75) is 11.0 Å². The third-order valence-electron chi connectivity index (χ3n) is 3.55. The van der Waals surface area contributed by atoms with E-state index in [1.807, 2.05) is 91.0 Å². The monoisotopic (exact) mass is 334 g/mol. The molecule has 24 heavy (non-hydrogen) atoms. The first kappa shape index (κ1) is 16.5. The molecule has 0 fully saturated rings. The predicted octanol–water partition coefficient (Wildman–Crippen LogP) is 5.11. The van der Waals surface area contributed by atoms with E-state index in [4.69, 9.17) is 4.74 Å². The maximum atomic E-state index is 12.2. The Balaban J connectivity index is 1.70. The second kappa shape index (κ2) is 8.48. The van der Waals surface area contributed by atoms with Gasteiger partial charge in [0.15, 0.2) is 0 Å². The van der Waals surface area contributed by atoms with Crippen LogP contribution in [0.1, 0.15) is 17.2 Å². The Hall–Kier alpha value is -2.36. The lowest BCUT2D eigenvalue weighted by Crippen LogP contribution is -2.12. The molecule has 0 amide bonds. The first-order valence-corrected chi connectivity index (χ1v) is 8.62. The van der Waals surface area contributed by atoms with Gasteiger partial charge in [0.1, 0.15) is 12.7 Å². The summed E-state index contributed by atoms with van der Waals surface area (Å²) < 4.78 is 5.98. The van der Waals surface area contributed by atoms with Crippen molar-refractivity contribution in [1.29, 1.82) is 0 Å². The molecule has 0 aromatic heterocycles. The van der Waals surface area contributed by atoms with Crippen molar-refractivity contribution >= 4 is 16.9 Å². The molecule has 120 valence electrons. The van der Waals surface area contributed by atoms with Gasteiger partial charge in [-0.05, 0) is 35.0 Å². The Labute approximate surface area is 146 Å². The van der Waals surface area contributed by atoms with Gasteiger partial charge < -0.3 is 4.74 Å². The van der Waals surface area contributed by atoms with Gasteiger partial charge in [-0.2, -0.15) is 0 Å². The summed E-state index contributed by atoms with van der Waals surface area (Å²) in [6.45, 7) is 0.0635. The Morgan fingerprint density at radius 2 is 1.21 bits per heavy atom. The molecule has 0 unspecified atom stereocenters. The summed E-state index contributed by atoms with van der Waals surface area (Å²) in [5.74, 6) is 0. The molecule has 0 N–H and O–H groups in total. The minimum atomic E-state index is -0.243. The zero-order chi connectivity index (χ0) is 16.6. The van der Waals surface area contributed by atoms with Gasteiger partial charge in [-0.25, -0.2) is 0 Å². The van der Waals surface area contributed by atoms with Gasteiger partial charge in [-0.15, -0.1) is 0 Å². The van der Waals surface area contributed by atoms with Crippen molar-refractivity contribution in [3.8, 4) is 0 Å². The lowest BCUT2D eigenvalue weighted by molar-refractivity contribution is -0.116. The molecule has 3 rings (SSSR count). The SMILES string of the molecule is O=C(COC(c1ccccc1)c1ccccc1)Sc1ccccc1.